The van der Waals surface area contributed by atoms with Crippen molar-refractivity contribution in [1.29, 1.82) is 0 Å². The molecule has 0 saturated carbocycles. The van der Waals surface area contributed by atoms with Crippen molar-refractivity contribution in [2.75, 3.05) is 37.7 Å². The van der Waals surface area contributed by atoms with Gasteiger partial charge in [-0.2, -0.15) is 13.2 Å². The Morgan fingerprint density at radius 1 is 1.18 bits per heavy atom. The molecule has 0 N–H and O–H groups in total. The maximum absolute atomic E-state index is 13.1. The van der Waals surface area contributed by atoms with Gasteiger partial charge in [0, 0.05) is 38.4 Å². The number of benzene rings is 1. The summed E-state index contributed by atoms with van der Waals surface area (Å²) in [5, 5.41) is -0.0935. The molecule has 1 aliphatic rings. The predicted octanol–water partition coefficient (Wildman–Crippen LogP) is 3.62. The van der Waals surface area contributed by atoms with Crippen LogP contribution in [0.1, 0.15) is 5.56 Å². The van der Waals surface area contributed by atoms with Crippen LogP contribution in [0.2, 0.25) is 5.02 Å². The molecule has 10 heteroatoms. The minimum absolute atomic E-state index is 0.0935. The highest BCUT2D eigenvalue weighted by molar-refractivity contribution is 6.33. The number of hydrogen-bond acceptors (Lipinski definition) is 4. The number of ether oxygens (including phenoxy) is 1. The second kappa shape index (κ2) is 8.22. The molecule has 0 atom stereocenters. The van der Waals surface area contributed by atoms with E-state index in [0.717, 1.165) is 12.3 Å². The highest BCUT2D eigenvalue weighted by atomic mass is 35.5. The first-order valence-corrected chi connectivity index (χ1v) is 8.75. The van der Waals surface area contributed by atoms with Crippen LogP contribution >= 0.6 is 11.6 Å². The molecule has 1 saturated heterocycles. The zero-order valence-corrected chi connectivity index (χ0v) is 15.3. The lowest BCUT2D eigenvalue weighted by atomic mass is 10.2. The number of nitrogens with zero attached hydrogens (tertiary/aromatic N) is 3. The van der Waals surface area contributed by atoms with Gasteiger partial charge in [-0.25, -0.2) is 9.37 Å². The van der Waals surface area contributed by atoms with Crippen LogP contribution in [0.25, 0.3) is 0 Å². The van der Waals surface area contributed by atoms with Gasteiger partial charge in [-0.1, -0.05) is 17.7 Å². The standard InChI is InChI=1S/C18H16ClF4N3O2/c19-15-8-12(18(21,22)23)10-24-17(15)26-6-4-25(5-7-26)16(27)11-28-14-3-1-2-13(20)9-14/h1-3,8-10H,4-7,11H2. The SMILES string of the molecule is O=C(COc1cccc(F)c1)N1CCN(c2ncc(C(F)(F)F)cc2Cl)CC1. The van der Waals surface area contributed by atoms with E-state index in [1.165, 1.54) is 18.2 Å². The van der Waals surface area contributed by atoms with E-state index in [1.807, 2.05) is 0 Å². The van der Waals surface area contributed by atoms with Crippen molar-refractivity contribution in [1.82, 2.24) is 9.88 Å². The molecule has 1 aromatic heterocycles. The van der Waals surface area contributed by atoms with Crippen molar-refractivity contribution in [2.45, 2.75) is 6.18 Å². The molecule has 1 aromatic carbocycles. The van der Waals surface area contributed by atoms with Gasteiger partial charge in [0.05, 0.1) is 10.6 Å². The van der Waals surface area contributed by atoms with Crippen molar-refractivity contribution in [3.8, 4) is 5.75 Å². The number of piperazine rings is 1. The molecule has 0 spiro atoms. The number of carbonyl (C=O) groups is 1. The van der Waals surface area contributed by atoms with Crippen LogP contribution in [-0.4, -0.2) is 48.6 Å². The number of rotatable bonds is 4. The Bertz CT molecular complexity index is 855. The number of carbonyl (C=O) groups excluding carboxylic acids is 1. The summed E-state index contributed by atoms with van der Waals surface area (Å²) >= 11 is 5.96. The van der Waals surface area contributed by atoms with Crippen molar-refractivity contribution in [2.24, 2.45) is 0 Å². The normalized spacial score (nSPS) is 14.9. The van der Waals surface area contributed by atoms with Gasteiger partial charge in [-0.05, 0) is 18.2 Å². The molecule has 1 fully saturated rings. The highest BCUT2D eigenvalue weighted by Crippen LogP contribution is 2.33. The Morgan fingerprint density at radius 2 is 1.89 bits per heavy atom. The molecule has 0 bridgehead atoms. The quantitative estimate of drug-likeness (QED) is 0.713. The van der Waals surface area contributed by atoms with Gasteiger partial charge in [-0.15, -0.1) is 0 Å². The second-order valence-electron chi connectivity index (χ2n) is 6.14. The van der Waals surface area contributed by atoms with Crippen LogP contribution < -0.4 is 9.64 Å². The summed E-state index contributed by atoms with van der Waals surface area (Å²) in [7, 11) is 0. The zero-order valence-electron chi connectivity index (χ0n) is 14.5. The van der Waals surface area contributed by atoms with Gasteiger partial charge in [0.25, 0.3) is 5.91 Å². The molecule has 2 aromatic rings. The lowest BCUT2D eigenvalue weighted by Crippen LogP contribution is -2.50. The summed E-state index contributed by atoms with van der Waals surface area (Å²) in [5.41, 5.74) is -0.912. The molecule has 0 aliphatic carbocycles. The molecule has 150 valence electrons. The molecule has 0 radical (unpaired) electrons. The van der Waals surface area contributed by atoms with Crippen LogP contribution in [0.3, 0.4) is 0 Å². The highest BCUT2D eigenvalue weighted by Gasteiger charge is 2.32. The molecule has 2 heterocycles. The Balaban J connectivity index is 1.55. The second-order valence-corrected chi connectivity index (χ2v) is 6.55. The molecule has 0 unspecified atom stereocenters. The van der Waals surface area contributed by atoms with Crippen molar-refractivity contribution < 1.29 is 27.1 Å². The minimum Gasteiger partial charge on any atom is -0.484 e. The predicted molar refractivity (Wildman–Crippen MR) is 94.9 cm³/mol. The maximum Gasteiger partial charge on any atom is 0.417 e. The largest absolute Gasteiger partial charge is 0.484 e. The van der Waals surface area contributed by atoms with E-state index in [4.69, 9.17) is 16.3 Å². The van der Waals surface area contributed by atoms with Crippen LogP contribution in [0, 0.1) is 5.82 Å². The fourth-order valence-electron chi connectivity index (χ4n) is 2.78. The molecule has 28 heavy (non-hydrogen) atoms. The first-order valence-electron chi connectivity index (χ1n) is 8.38. The van der Waals surface area contributed by atoms with Crippen LogP contribution in [0.15, 0.2) is 36.5 Å². The number of aromatic nitrogens is 1. The zero-order chi connectivity index (χ0) is 20.3. The maximum atomic E-state index is 13.1. The third-order valence-corrected chi connectivity index (χ3v) is 4.52. The van der Waals surface area contributed by atoms with E-state index in [0.29, 0.717) is 26.2 Å². The van der Waals surface area contributed by atoms with Crippen LogP contribution in [0.5, 0.6) is 5.75 Å². The Labute approximate surface area is 163 Å². The van der Waals surface area contributed by atoms with Gasteiger partial charge in [0.2, 0.25) is 0 Å². The number of anilines is 1. The molecular formula is C18H16ClF4N3O2. The summed E-state index contributed by atoms with van der Waals surface area (Å²) in [6.45, 7) is 1.17. The first-order chi connectivity index (χ1) is 13.2. The summed E-state index contributed by atoms with van der Waals surface area (Å²) in [6.07, 6.45) is -3.77. The van der Waals surface area contributed by atoms with E-state index in [1.54, 1.807) is 15.9 Å². The lowest BCUT2D eigenvalue weighted by molar-refractivity contribution is -0.138. The number of hydrogen-bond donors (Lipinski definition) is 0. The average Bonchev–Trinajstić information content (AvgIpc) is 2.65. The van der Waals surface area contributed by atoms with Crippen LogP contribution in [-0.2, 0) is 11.0 Å². The van der Waals surface area contributed by atoms with Gasteiger partial charge in [0.1, 0.15) is 17.4 Å². The third-order valence-electron chi connectivity index (χ3n) is 4.24. The van der Waals surface area contributed by atoms with Crippen LogP contribution in [0.4, 0.5) is 23.4 Å². The Kier molecular flexibility index (Phi) is 5.93. The summed E-state index contributed by atoms with van der Waals surface area (Å²) in [6, 6.07) is 6.33. The van der Waals surface area contributed by atoms with E-state index in [2.05, 4.69) is 4.98 Å². The van der Waals surface area contributed by atoms with Gasteiger partial charge < -0.3 is 14.5 Å². The molecular weight excluding hydrogens is 402 g/mol. The number of alkyl halides is 3. The fraction of sp³-hybridized carbons (Fsp3) is 0.333. The summed E-state index contributed by atoms with van der Waals surface area (Å²) in [5.74, 6) is -0.222. The van der Waals surface area contributed by atoms with E-state index in [9.17, 15) is 22.4 Å². The minimum atomic E-state index is -4.51. The lowest BCUT2D eigenvalue weighted by Gasteiger charge is -2.35. The third kappa shape index (κ3) is 4.83. The van der Waals surface area contributed by atoms with E-state index in [-0.39, 0.29) is 29.1 Å². The molecule has 3 rings (SSSR count). The fourth-order valence-corrected chi connectivity index (χ4v) is 3.07. The summed E-state index contributed by atoms with van der Waals surface area (Å²) in [4.78, 5) is 19.4. The van der Waals surface area contributed by atoms with Crippen molar-refractivity contribution in [3.05, 3.63) is 52.9 Å². The summed E-state index contributed by atoms with van der Waals surface area (Å²) < 4.78 is 56.5. The van der Waals surface area contributed by atoms with E-state index < -0.39 is 17.6 Å². The average molecular weight is 418 g/mol. The molecule has 5 nitrogen and oxygen atoms in total. The smallest absolute Gasteiger partial charge is 0.417 e. The number of halogens is 5. The number of amides is 1. The van der Waals surface area contributed by atoms with Crippen molar-refractivity contribution >= 4 is 23.3 Å². The van der Waals surface area contributed by atoms with Gasteiger partial charge in [-0.3, -0.25) is 4.79 Å². The van der Waals surface area contributed by atoms with E-state index >= 15 is 0 Å². The van der Waals surface area contributed by atoms with Crippen molar-refractivity contribution in [3.63, 3.8) is 0 Å². The van der Waals surface area contributed by atoms with Gasteiger partial charge in [0.15, 0.2) is 6.61 Å². The first kappa shape index (κ1) is 20.2. The molecule has 1 aliphatic heterocycles. The number of pyridine rings is 1. The van der Waals surface area contributed by atoms with Gasteiger partial charge >= 0.3 is 6.18 Å². The monoisotopic (exact) mass is 417 g/mol. The Morgan fingerprint density at radius 3 is 2.50 bits per heavy atom. The topological polar surface area (TPSA) is 45.7 Å². The Hall–Kier alpha value is -2.55. The molecule has 1 amide bonds.